The lowest BCUT2D eigenvalue weighted by molar-refractivity contribution is -0.131. The molecule has 3 rings (SSSR count). The van der Waals surface area contributed by atoms with Gasteiger partial charge >= 0.3 is 17.9 Å². The van der Waals surface area contributed by atoms with E-state index in [9.17, 15) is 18.9 Å². The summed E-state index contributed by atoms with van der Waals surface area (Å²) in [6, 6.07) is 24.7. The Labute approximate surface area is 185 Å². The van der Waals surface area contributed by atoms with E-state index in [2.05, 4.69) is 0 Å². The van der Waals surface area contributed by atoms with Gasteiger partial charge < -0.3 is 18.8 Å². The maximum absolute atomic E-state index is 13.5. The zero-order valence-electron chi connectivity index (χ0n) is 17.1. The van der Waals surface area contributed by atoms with Gasteiger partial charge in [-0.15, -0.1) is 0 Å². The van der Waals surface area contributed by atoms with Crippen molar-refractivity contribution in [3.05, 3.63) is 91.0 Å². The summed E-state index contributed by atoms with van der Waals surface area (Å²) in [6.07, 6.45) is -1.85. The van der Waals surface area contributed by atoms with Crippen LogP contribution in [0.1, 0.15) is 0 Å². The molecule has 3 aromatic carbocycles. The van der Waals surface area contributed by atoms with Gasteiger partial charge in [0.15, 0.2) is 0 Å². The SMILES string of the molecule is O=C(CP(=O)(CC(=O)Oc1ccccc1)CC(=O)Oc1ccccc1)Oc1ccccc1. The number of esters is 3. The average Bonchev–Trinajstić information content (AvgIpc) is 2.75. The molecule has 0 saturated heterocycles. The van der Waals surface area contributed by atoms with E-state index in [1.807, 2.05) is 0 Å². The predicted molar refractivity (Wildman–Crippen MR) is 118 cm³/mol. The topological polar surface area (TPSA) is 96.0 Å². The van der Waals surface area contributed by atoms with E-state index in [1.165, 1.54) is 0 Å². The van der Waals surface area contributed by atoms with Gasteiger partial charge in [-0.25, -0.2) is 0 Å². The Kier molecular flexibility index (Phi) is 7.95. The summed E-state index contributed by atoms with van der Waals surface area (Å²) in [4.78, 5) is 37.2. The summed E-state index contributed by atoms with van der Waals surface area (Å²) in [5.74, 6) is -1.66. The van der Waals surface area contributed by atoms with Gasteiger partial charge in [-0.3, -0.25) is 14.4 Å². The van der Waals surface area contributed by atoms with Crippen molar-refractivity contribution >= 4 is 25.0 Å². The van der Waals surface area contributed by atoms with Gasteiger partial charge in [0.05, 0.1) is 0 Å². The number of hydrogen-bond acceptors (Lipinski definition) is 7. The van der Waals surface area contributed by atoms with Crippen LogP contribution in [0, 0.1) is 0 Å². The highest BCUT2D eigenvalue weighted by molar-refractivity contribution is 7.66. The molecule has 0 atom stereocenters. The lowest BCUT2D eigenvalue weighted by Crippen LogP contribution is -2.25. The van der Waals surface area contributed by atoms with Gasteiger partial charge in [-0.05, 0) is 36.4 Å². The van der Waals surface area contributed by atoms with Crippen molar-refractivity contribution in [1.29, 1.82) is 0 Å². The molecule has 0 spiro atoms. The summed E-state index contributed by atoms with van der Waals surface area (Å²) < 4.78 is 29.1. The highest BCUT2D eigenvalue weighted by Gasteiger charge is 2.34. The van der Waals surface area contributed by atoms with E-state index in [1.54, 1.807) is 91.0 Å². The Morgan fingerprint density at radius 1 is 0.500 bits per heavy atom. The van der Waals surface area contributed by atoms with E-state index in [-0.39, 0.29) is 17.2 Å². The van der Waals surface area contributed by atoms with Crippen LogP contribution >= 0.6 is 7.14 Å². The number of ether oxygens (including phenoxy) is 3. The standard InChI is InChI=1S/C24H21O7P/c25-22(29-19-10-4-1-5-11-19)16-32(28,17-23(26)30-20-12-6-2-7-13-20)18-24(27)31-21-14-8-3-9-15-21/h1-15H,16-18H2. The first-order valence-electron chi connectivity index (χ1n) is 9.76. The first-order valence-corrected chi connectivity index (χ1v) is 12.0. The van der Waals surface area contributed by atoms with Crippen molar-refractivity contribution in [1.82, 2.24) is 0 Å². The fraction of sp³-hybridized carbons (Fsp3) is 0.125. The van der Waals surface area contributed by atoms with E-state index >= 15 is 0 Å². The number of rotatable bonds is 9. The highest BCUT2D eigenvalue weighted by atomic mass is 31.2. The van der Waals surface area contributed by atoms with Crippen LogP contribution < -0.4 is 14.2 Å². The number of carbonyl (C=O) groups is 3. The van der Waals surface area contributed by atoms with Crippen molar-refractivity contribution in [2.45, 2.75) is 0 Å². The molecule has 32 heavy (non-hydrogen) atoms. The number of benzene rings is 3. The van der Waals surface area contributed by atoms with Crippen molar-refractivity contribution in [2.75, 3.05) is 18.5 Å². The fourth-order valence-electron chi connectivity index (χ4n) is 2.83. The highest BCUT2D eigenvalue weighted by Crippen LogP contribution is 2.45. The molecule has 0 N–H and O–H groups in total. The molecule has 0 aliphatic heterocycles. The minimum Gasteiger partial charge on any atom is -0.426 e. The lowest BCUT2D eigenvalue weighted by Gasteiger charge is -2.16. The van der Waals surface area contributed by atoms with E-state index < -0.39 is 43.5 Å². The van der Waals surface area contributed by atoms with Crippen LogP contribution in [0.4, 0.5) is 0 Å². The van der Waals surface area contributed by atoms with Crippen LogP contribution in [-0.2, 0) is 18.9 Å². The Bertz CT molecular complexity index is 958. The molecular formula is C24H21O7P. The van der Waals surface area contributed by atoms with E-state index in [4.69, 9.17) is 14.2 Å². The van der Waals surface area contributed by atoms with Crippen molar-refractivity contribution < 1.29 is 33.2 Å². The van der Waals surface area contributed by atoms with Crippen LogP contribution in [0.25, 0.3) is 0 Å². The van der Waals surface area contributed by atoms with Crippen LogP contribution in [-0.4, -0.2) is 36.4 Å². The summed E-state index contributed by atoms with van der Waals surface area (Å²) in [7, 11) is -3.72. The molecule has 7 nitrogen and oxygen atoms in total. The molecule has 0 unspecified atom stereocenters. The smallest absolute Gasteiger partial charge is 0.318 e. The van der Waals surface area contributed by atoms with E-state index in [0.717, 1.165) is 0 Å². The second-order valence-electron chi connectivity index (χ2n) is 6.89. The summed E-state index contributed by atoms with van der Waals surface area (Å²) in [5, 5.41) is 0. The predicted octanol–water partition coefficient (Wildman–Crippen LogP) is 4.17. The number of hydrogen-bond donors (Lipinski definition) is 0. The van der Waals surface area contributed by atoms with Gasteiger partial charge in [-0.2, -0.15) is 0 Å². The summed E-state index contributed by atoms with van der Waals surface area (Å²) in [6.45, 7) is 0. The first-order chi connectivity index (χ1) is 15.4. The van der Waals surface area contributed by atoms with Crippen LogP contribution in [0.15, 0.2) is 91.0 Å². The molecule has 0 aliphatic rings. The molecule has 0 fully saturated rings. The number of para-hydroxylation sites is 3. The van der Waals surface area contributed by atoms with Crippen molar-refractivity contribution in [3.8, 4) is 17.2 Å². The molecule has 0 aliphatic carbocycles. The van der Waals surface area contributed by atoms with Crippen LogP contribution in [0.2, 0.25) is 0 Å². The quantitative estimate of drug-likeness (QED) is 0.273. The first kappa shape index (κ1) is 23.0. The monoisotopic (exact) mass is 452 g/mol. The average molecular weight is 452 g/mol. The minimum absolute atomic E-state index is 0.266. The maximum atomic E-state index is 13.5. The Hall–Kier alpha value is -3.70. The third-order valence-electron chi connectivity index (χ3n) is 4.18. The second-order valence-corrected chi connectivity index (χ2v) is 9.96. The molecule has 0 amide bonds. The fourth-order valence-corrected chi connectivity index (χ4v) is 4.77. The molecule has 0 saturated carbocycles. The summed E-state index contributed by atoms with van der Waals surface area (Å²) >= 11 is 0. The Morgan fingerprint density at radius 2 is 0.750 bits per heavy atom. The van der Waals surface area contributed by atoms with Gasteiger partial charge in [-0.1, -0.05) is 54.6 Å². The van der Waals surface area contributed by atoms with Gasteiger partial charge in [0.2, 0.25) is 0 Å². The third kappa shape index (κ3) is 7.52. The minimum atomic E-state index is -3.72. The molecule has 0 heterocycles. The number of carbonyl (C=O) groups excluding carboxylic acids is 3. The molecule has 0 bridgehead atoms. The third-order valence-corrected chi connectivity index (χ3v) is 6.68. The molecule has 3 aromatic rings. The molecule has 8 heteroatoms. The lowest BCUT2D eigenvalue weighted by atomic mass is 10.3. The maximum Gasteiger partial charge on any atom is 0.318 e. The molecule has 0 radical (unpaired) electrons. The molecule has 0 aromatic heterocycles. The second kappa shape index (κ2) is 11.1. The largest absolute Gasteiger partial charge is 0.426 e. The molecular weight excluding hydrogens is 431 g/mol. The van der Waals surface area contributed by atoms with Gasteiger partial charge in [0.25, 0.3) is 0 Å². The van der Waals surface area contributed by atoms with Gasteiger partial charge in [0, 0.05) is 0 Å². The summed E-state index contributed by atoms with van der Waals surface area (Å²) in [5.41, 5.74) is 0. The van der Waals surface area contributed by atoms with Gasteiger partial charge in [0.1, 0.15) is 42.9 Å². The molecule has 164 valence electrons. The zero-order chi connectivity index (χ0) is 22.8. The van der Waals surface area contributed by atoms with Crippen molar-refractivity contribution in [2.24, 2.45) is 0 Å². The Morgan fingerprint density at radius 3 is 1.00 bits per heavy atom. The van der Waals surface area contributed by atoms with Crippen LogP contribution in [0.5, 0.6) is 17.2 Å². The Balaban J connectivity index is 1.70. The zero-order valence-corrected chi connectivity index (χ0v) is 18.0. The van der Waals surface area contributed by atoms with Crippen molar-refractivity contribution in [3.63, 3.8) is 0 Å². The van der Waals surface area contributed by atoms with E-state index in [0.29, 0.717) is 0 Å². The van der Waals surface area contributed by atoms with Crippen LogP contribution in [0.3, 0.4) is 0 Å². The normalized spacial score (nSPS) is 10.8.